The van der Waals surface area contributed by atoms with Gasteiger partial charge in [0.2, 0.25) is 5.82 Å². The molecule has 140 valence electrons. The van der Waals surface area contributed by atoms with E-state index in [-0.39, 0.29) is 17.9 Å². The average Bonchev–Trinajstić information content (AvgIpc) is 3.43. The molecule has 1 N–H and O–H groups in total. The molecule has 1 fully saturated rings. The predicted octanol–water partition coefficient (Wildman–Crippen LogP) is 2.45. The Bertz CT molecular complexity index is 940. The zero-order valence-corrected chi connectivity index (χ0v) is 14.7. The summed E-state index contributed by atoms with van der Waals surface area (Å²) in [6, 6.07) is 5.19. The zero-order valence-electron chi connectivity index (χ0n) is 14.7. The monoisotopic (exact) mass is 371 g/mol. The van der Waals surface area contributed by atoms with Crippen molar-refractivity contribution in [1.29, 1.82) is 0 Å². The lowest BCUT2D eigenvalue weighted by atomic mass is 10.3. The van der Waals surface area contributed by atoms with Gasteiger partial charge in [-0.25, -0.2) is 4.98 Å². The minimum atomic E-state index is -0.542. The molecule has 1 saturated heterocycles. The van der Waals surface area contributed by atoms with Crippen LogP contribution in [0.4, 0.5) is 4.39 Å². The van der Waals surface area contributed by atoms with Crippen molar-refractivity contribution in [2.45, 2.75) is 25.9 Å². The second-order valence-corrected chi connectivity index (χ2v) is 6.22. The van der Waals surface area contributed by atoms with E-state index in [0.717, 1.165) is 0 Å². The molecular formula is C18H18FN5O3. The van der Waals surface area contributed by atoms with Gasteiger partial charge in [0.15, 0.2) is 11.5 Å². The summed E-state index contributed by atoms with van der Waals surface area (Å²) in [4.78, 5) is 22.0. The van der Waals surface area contributed by atoms with E-state index in [4.69, 9.17) is 9.15 Å². The Hall–Kier alpha value is -3.23. The molecule has 8 nitrogen and oxygen atoms in total. The van der Waals surface area contributed by atoms with Crippen LogP contribution < -0.4 is 4.74 Å². The van der Waals surface area contributed by atoms with Crippen LogP contribution in [-0.4, -0.2) is 50.2 Å². The number of hydrogen-bond donors (Lipinski definition) is 1. The Balaban J connectivity index is 1.41. The van der Waals surface area contributed by atoms with Crippen molar-refractivity contribution in [3.63, 3.8) is 0 Å². The van der Waals surface area contributed by atoms with Gasteiger partial charge >= 0.3 is 0 Å². The number of carbonyl (C=O) groups excluding carboxylic acids is 1. The molecule has 1 amide bonds. The van der Waals surface area contributed by atoms with Gasteiger partial charge in [-0.2, -0.15) is 14.5 Å². The number of halogens is 1. The number of aryl methyl sites for hydroxylation is 1. The SMILES string of the molecule is CCc1ncnc(O[C@@H]2CCN(C(=O)c3cc(-c4ccco4)[nH]n3)C2)c1F. The van der Waals surface area contributed by atoms with Crippen LogP contribution in [0.3, 0.4) is 0 Å². The van der Waals surface area contributed by atoms with E-state index < -0.39 is 5.82 Å². The van der Waals surface area contributed by atoms with Crippen LogP contribution in [-0.2, 0) is 6.42 Å². The number of aromatic nitrogens is 4. The van der Waals surface area contributed by atoms with Gasteiger partial charge in [0.25, 0.3) is 11.8 Å². The Morgan fingerprint density at radius 3 is 3.15 bits per heavy atom. The number of likely N-dealkylation sites (tertiary alicyclic amines) is 1. The number of carbonyl (C=O) groups is 1. The first-order valence-electron chi connectivity index (χ1n) is 8.70. The third-order valence-electron chi connectivity index (χ3n) is 4.46. The number of hydrogen-bond acceptors (Lipinski definition) is 6. The first kappa shape index (κ1) is 17.2. The van der Waals surface area contributed by atoms with Crippen molar-refractivity contribution in [3.8, 4) is 17.3 Å². The highest BCUT2D eigenvalue weighted by atomic mass is 19.1. The normalized spacial score (nSPS) is 16.7. The molecule has 0 unspecified atom stereocenters. The molecule has 0 saturated carbocycles. The van der Waals surface area contributed by atoms with Gasteiger partial charge in [0, 0.05) is 19.0 Å². The summed E-state index contributed by atoms with van der Waals surface area (Å²) in [5, 5.41) is 6.86. The van der Waals surface area contributed by atoms with Crippen molar-refractivity contribution in [3.05, 3.63) is 48.0 Å². The standard InChI is InChI=1S/C18H18FN5O3/c1-2-12-16(19)17(21-10-20-12)27-11-5-6-24(9-11)18(25)14-8-13(22-23-14)15-4-3-7-26-15/h3-4,7-8,10-11H,2,5-6,9H2,1H3,(H,22,23)/t11-/m1/s1. The lowest BCUT2D eigenvalue weighted by Crippen LogP contribution is -2.31. The fourth-order valence-electron chi connectivity index (χ4n) is 3.03. The van der Waals surface area contributed by atoms with Crippen LogP contribution in [0.1, 0.15) is 29.5 Å². The van der Waals surface area contributed by atoms with Gasteiger partial charge in [-0.05, 0) is 18.6 Å². The number of rotatable bonds is 5. The second-order valence-electron chi connectivity index (χ2n) is 6.22. The summed E-state index contributed by atoms with van der Waals surface area (Å²) in [5.41, 5.74) is 1.24. The minimum absolute atomic E-state index is 0.0685. The highest BCUT2D eigenvalue weighted by molar-refractivity contribution is 5.93. The van der Waals surface area contributed by atoms with Gasteiger partial charge in [0.05, 0.1) is 18.5 Å². The van der Waals surface area contributed by atoms with Crippen LogP contribution >= 0.6 is 0 Å². The summed E-state index contributed by atoms with van der Waals surface area (Å²) < 4.78 is 25.2. The van der Waals surface area contributed by atoms with Crippen LogP contribution in [0.15, 0.2) is 35.2 Å². The van der Waals surface area contributed by atoms with Crippen molar-refractivity contribution in [1.82, 2.24) is 25.1 Å². The molecule has 4 heterocycles. The van der Waals surface area contributed by atoms with Gasteiger partial charge in [-0.3, -0.25) is 9.89 Å². The molecule has 1 aliphatic rings. The fourth-order valence-corrected chi connectivity index (χ4v) is 3.03. The molecule has 0 aliphatic carbocycles. The molecule has 1 aliphatic heterocycles. The van der Waals surface area contributed by atoms with Crippen molar-refractivity contribution in [2.24, 2.45) is 0 Å². The maximum absolute atomic E-state index is 14.2. The first-order valence-corrected chi connectivity index (χ1v) is 8.70. The molecule has 1 atom stereocenters. The Kier molecular flexibility index (Phi) is 4.57. The van der Waals surface area contributed by atoms with Gasteiger partial charge in [-0.1, -0.05) is 6.92 Å². The maximum atomic E-state index is 14.2. The number of H-pyrrole nitrogens is 1. The van der Waals surface area contributed by atoms with E-state index in [1.165, 1.54) is 6.33 Å². The van der Waals surface area contributed by atoms with Crippen LogP contribution in [0.25, 0.3) is 11.5 Å². The number of nitrogens with zero attached hydrogens (tertiary/aromatic N) is 4. The summed E-state index contributed by atoms with van der Waals surface area (Å²) in [7, 11) is 0. The van der Waals surface area contributed by atoms with Crippen molar-refractivity contribution in [2.75, 3.05) is 13.1 Å². The largest absolute Gasteiger partial charge is 0.470 e. The van der Waals surface area contributed by atoms with E-state index in [9.17, 15) is 9.18 Å². The maximum Gasteiger partial charge on any atom is 0.274 e. The van der Waals surface area contributed by atoms with E-state index >= 15 is 0 Å². The highest BCUT2D eigenvalue weighted by Crippen LogP contribution is 2.23. The van der Waals surface area contributed by atoms with E-state index in [1.807, 2.05) is 6.92 Å². The van der Waals surface area contributed by atoms with Crippen LogP contribution in [0.2, 0.25) is 0 Å². The number of ether oxygens (including phenoxy) is 1. The summed E-state index contributed by atoms with van der Waals surface area (Å²) in [5.74, 6) is -0.219. The smallest absolute Gasteiger partial charge is 0.274 e. The molecule has 3 aromatic rings. The lowest BCUT2D eigenvalue weighted by Gasteiger charge is -2.16. The average molecular weight is 371 g/mol. The molecule has 0 bridgehead atoms. The predicted molar refractivity (Wildman–Crippen MR) is 92.6 cm³/mol. The summed E-state index contributed by atoms with van der Waals surface area (Å²) >= 11 is 0. The molecule has 0 aromatic carbocycles. The molecule has 0 spiro atoms. The second kappa shape index (κ2) is 7.18. The Morgan fingerprint density at radius 2 is 2.37 bits per heavy atom. The Morgan fingerprint density at radius 1 is 1.48 bits per heavy atom. The molecule has 3 aromatic heterocycles. The van der Waals surface area contributed by atoms with Crippen molar-refractivity contribution < 1.29 is 18.3 Å². The third-order valence-corrected chi connectivity index (χ3v) is 4.46. The number of furan rings is 1. The quantitative estimate of drug-likeness (QED) is 0.740. The number of aromatic amines is 1. The molecule has 4 rings (SSSR count). The Labute approximate surface area is 154 Å². The summed E-state index contributed by atoms with van der Waals surface area (Å²) in [6.07, 6.45) is 3.56. The van der Waals surface area contributed by atoms with E-state index in [2.05, 4.69) is 20.2 Å². The fraction of sp³-hybridized carbons (Fsp3) is 0.333. The minimum Gasteiger partial charge on any atom is -0.470 e. The first-order chi connectivity index (χ1) is 13.2. The molecule has 0 radical (unpaired) electrons. The third kappa shape index (κ3) is 3.40. The zero-order chi connectivity index (χ0) is 18.8. The van der Waals surface area contributed by atoms with E-state index in [1.54, 1.807) is 29.4 Å². The van der Waals surface area contributed by atoms with Gasteiger partial charge in [-0.15, -0.1) is 0 Å². The van der Waals surface area contributed by atoms with Gasteiger partial charge in [0.1, 0.15) is 18.1 Å². The van der Waals surface area contributed by atoms with Crippen LogP contribution in [0, 0.1) is 5.82 Å². The molecular weight excluding hydrogens is 353 g/mol. The summed E-state index contributed by atoms with van der Waals surface area (Å²) in [6.45, 7) is 2.65. The lowest BCUT2D eigenvalue weighted by molar-refractivity contribution is 0.0764. The van der Waals surface area contributed by atoms with Crippen molar-refractivity contribution >= 4 is 5.91 Å². The molecule has 9 heteroatoms. The number of nitrogens with one attached hydrogen (secondary N) is 1. The van der Waals surface area contributed by atoms with E-state index in [0.29, 0.717) is 48.8 Å². The van der Waals surface area contributed by atoms with Crippen LogP contribution in [0.5, 0.6) is 5.88 Å². The molecule has 27 heavy (non-hydrogen) atoms. The topological polar surface area (TPSA) is 97.1 Å². The number of amides is 1. The van der Waals surface area contributed by atoms with Gasteiger partial charge < -0.3 is 14.1 Å². The highest BCUT2D eigenvalue weighted by Gasteiger charge is 2.30.